The molecule has 3 rings (SSSR count). The summed E-state index contributed by atoms with van der Waals surface area (Å²) in [4.78, 5) is 28.6. The maximum Gasteiger partial charge on any atom is 0.354 e. The minimum Gasteiger partial charge on any atom is -0.477 e. The van der Waals surface area contributed by atoms with E-state index in [1.165, 1.54) is 0 Å². The van der Waals surface area contributed by atoms with Crippen LogP contribution in [0, 0.1) is 17.8 Å². The Kier molecular flexibility index (Phi) is 3.83. The molecule has 1 unspecified atom stereocenters. The van der Waals surface area contributed by atoms with Crippen molar-refractivity contribution in [2.24, 2.45) is 22.7 Å². The van der Waals surface area contributed by atoms with Crippen LogP contribution < -0.4 is 0 Å². The number of hydrogen-bond acceptors (Lipinski definition) is 3. The smallest absolute Gasteiger partial charge is 0.354 e. The highest BCUT2D eigenvalue weighted by atomic mass is 16.4. The molecule has 1 N–H and O–H groups in total. The van der Waals surface area contributed by atoms with Crippen LogP contribution >= 0.6 is 0 Å². The van der Waals surface area contributed by atoms with Gasteiger partial charge in [-0.1, -0.05) is 0 Å². The Hall–Kier alpha value is -1.65. The van der Waals surface area contributed by atoms with E-state index >= 15 is 0 Å². The lowest BCUT2D eigenvalue weighted by molar-refractivity contribution is -0.132. The summed E-state index contributed by atoms with van der Waals surface area (Å²) in [7, 11) is 0. The zero-order valence-corrected chi connectivity index (χ0v) is 12.4. The number of aliphatic carboxylic acids is 1. The minimum atomic E-state index is -0.914. The Labute approximate surface area is 124 Å². The summed E-state index contributed by atoms with van der Waals surface area (Å²) in [5.74, 6) is 0.817. The van der Waals surface area contributed by atoms with Gasteiger partial charge in [0.05, 0.1) is 0 Å². The fourth-order valence-electron chi connectivity index (χ4n) is 4.02. The SMILES string of the molecule is CC(=O)N1CCC([C@@H]2CCC3=NC(C(=O)O)=CC3C2)CC1. The van der Waals surface area contributed by atoms with E-state index in [4.69, 9.17) is 5.11 Å². The molecular weight excluding hydrogens is 268 g/mol. The van der Waals surface area contributed by atoms with Crippen LogP contribution in [-0.4, -0.2) is 40.7 Å². The Morgan fingerprint density at radius 2 is 1.95 bits per heavy atom. The topological polar surface area (TPSA) is 70.0 Å². The molecule has 0 aromatic carbocycles. The molecule has 5 nitrogen and oxygen atoms in total. The molecule has 2 atom stereocenters. The fourth-order valence-corrected chi connectivity index (χ4v) is 4.02. The van der Waals surface area contributed by atoms with Gasteiger partial charge in [-0.05, 0) is 50.0 Å². The first kappa shape index (κ1) is 14.3. The molecule has 2 heterocycles. The second-order valence-corrected chi connectivity index (χ2v) is 6.44. The molecule has 0 radical (unpaired) electrons. The molecule has 2 fully saturated rings. The lowest BCUT2D eigenvalue weighted by Gasteiger charge is -2.38. The molecule has 0 aromatic heterocycles. The van der Waals surface area contributed by atoms with E-state index in [1.54, 1.807) is 6.92 Å². The van der Waals surface area contributed by atoms with Crippen molar-refractivity contribution < 1.29 is 14.7 Å². The van der Waals surface area contributed by atoms with E-state index in [9.17, 15) is 9.59 Å². The van der Waals surface area contributed by atoms with E-state index < -0.39 is 5.97 Å². The van der Waals surface area contributed by atoms with Crippen molar-refractivity contribution in [3.8, 4) is 0 Å². The van der Waals surface area contributed by atoms with Gasteiger partial charge in [-0.2, -0.15) is 0 Å². The summed E-state index contributed by atoms with van der Waals surface area (Å²) in [5.41, 5.74) is 1.28. The summed E-state index contributed by atoms with van der Waals surface area (Å²) in [6, 6.07) is 0. The number of allylic oxidation sites excluding steroid dienone is 1. The van der Waals surface area contributed by atoms with E-state index in [0.717, 1.165) is 50.9 Å². The van der Waals surface area contributed by atoms with Crippen LogP contribution in [0.2, 0.25) is 0 Å². The van der Waals surface area contributed by atoms with Gasteiger partial charge in [-0.3, -0.25) is 4.79 Å². The van der Waals surface area contributed by atoms with Gasteiger partial charge in [-0.15, -0.1) is 0 Å². The average molecular weight is 290 g/mol. The summed E-state index contributed by atoms with van der Waals surface area (Å²) >= 11 is 0. The molecule has 5 heteroatoms. The van der Waals surface area contributed by atoms with E-state index in [2.05, 4.69) is 4.99 Å². The van der Waals surface area contributed by atoms with Gasteiger partial charge in [0.25, 0.3) is 0 Å². The number of amides is 1. The number of likely N-dealkylation sites (tertiary alicyclic amines) is 1. The third kappa shape index (κ3) is 2.87. The second-order valence-electron chi connectivity index (χ2n) is 6.44. The molecule has 2 aliphatic heterocycles. The van der Waals surface area contributed by atoms with E-state index in [0.29, 0.717) is 11.8 Å². The summed E-state index contributed by atoms with van der Waals surface area (Å²) < 4.78 is 0. The summed E-state index contributed by atoms with van der Waals surface area (Å²) in [5, 5.41) is 9.04. The van der Waals surface area contributed by atoms with Gasteiger partial charge in [0.1, 0.15) is 5.70 Å². The molecule has 3 aliphatic rings. The molecule has 0 aromatic rings. The Bertz CT molecular complexity index is 516. The number of carbonyl (C=O) groups excluding carboxylic acids is 1. The predicted molar refractivity (Wildman–Crippen MR) is 79.0 cm³/mol. The van der Waals surface area contributed by atoms with Crippen LogP contribution in [0.5, 0.6) is 0 Å². The molecule has 1 amide bonds. The highest BCUT2D eigenvalue weighted by Gasteiger charge is 2.35. The quantitative estimate of drug-likeness (QED) is 0.846. The summed E-state index contributed by atoms with van der Waals surface area (Å²) in [6.07, 6.45) is 7.06. The Morgan fingerprint density at radius 3 is 2.57 bits per heavy atom. The van der Waals surface area contributed by atoms with Crippen molar-refractivity contribution in [3.63, 3.8) is 0 Å². The van der Waals surface area contributed by atoms with Crippen LogP contribution in [0.3, 0.4) is 0 Å². The summed E-state index contributed by atoms with van der Waals surface area (Å²) in [6.45, 7) is 3.39. The number of rotatable bonds is 2. The van der Waals surface area contributed by atoms with Gasteiger partial charge in [0, 0.05) is 31.6 Å². The van der Waals surface area contributed by atoms with Crippen molar-refractivity contribution in [3.05, 3.63) is 11.8 Å². The maximum absolute atomic E-state index is 11.4. The monoisotopic (exact) mass is 290 g/mol. The normalized spacial score (nSPS) is 29.7. The fraction of sp³-hybridized carbons (Fsp3) is 0.688. The molecule has 0 spiro atoms. The van der Waals surface area contributed by atoms with Crippen molar-refractivity contribution in [1.82, 2.24) is 4.90 Å². The van der Waals surface area contributed by atoms with Crippen LogP contribution in [0.1, 0.15) is 39.0 Å². The van der Waals surface area contributed by atoms with Gasteiger partial charge in [0.2, 0.25) is 5.91 Å². The number of aliphatic imine (C=N–C) groups is 1. The van der Waals surface area contributed by atoms with Gasteiger partial charge in [-0.25, -0.2) is 9.79 Å². The van der Waals surface area contributed by atoms with Crippen molar-refractivity contribution in [2.75, 3.05) is 13.1 Å². The van der Waals surface area contributed by atoms with Crippen molar-refractivity contribution in [1.29, 1.82) is 0 Å². The lowest BCUT2D eigenvalue weighted by Crippen LogP contribution is -2.40. The molecule has 114 valence electrons. The zero-order chi connectivity index (χ0) is 15.0. The molecule has 0 bridgehead atoms. The predicted octanol–water partition coefficient (Wildman–Crippen LogP) is 2.08. The third-order valence-electron chi connectivity index (χ3n) is 5.25. The van der Waals surface area contributed by atoms with Crippen LogP contribution in [0.25, 0.3) is 0 Å². The average Bonchev–Trinajstić information content (AvgIpc) is 2.90. The molecule has 21 heavy (non-hydrogen) atoms. The van der Waals surface area contributed by atoms with Gasteiger partial charge in [0.15, 0.2) is 0 Å². The van der Waals surface area contributed by atoms with Crippen molar-refractivity contribution >= 4 is 17.6 Å². The second kappa shape index (κ2) is 5.62. The van der Waals surface area contributed by atoms with E-state index in [1.807, 2.05) is 11.0 Å². The molecule has 1 saturated heterocycles. The van der Waals surface area contributed by atoms with E-state index in [-0.39, 0.29) is 17.5 Å². The maximum atomic E-state index is 11.4. The first-order valence-corrected chi connectivity index (χ1v) is 7.82. The Morgan fingerprint density at radius 1 is 1.24 bits per heavy atom. The van der Waals surface area contributed by atoms with Gasteiger partial charge >= 0.3 is 5.97 Å². The molecule has 1 aliphatic carbocycles. The van der Waals surface area contributed by atoms with Crippen LogP contribution in [-0.2, 0) is 9.59 Å². The number of fused-ring (bicyclic) bond motifs is 1. The first-order valence-electron chi connectivity index (χ1n) is 7.82. The van der Waals surface area contributed by atoms with Crippen LogP contribution in [0.15, 0.2) is 16.8 Å². The number of hydrogen-bond donors (Lipinski definition) is 1. The van der Waals surface area contributed by atoms with Crippen molar-refractivity contribution in [2.45, 2.75) is 39.0 Å². The lowest BCUT2D eigenvalue weighted by atomic mass is 9.71. The highest BCUT2D eigenvalue weighted by molar-refractivity contribution is 5.99. The largest absolute Gasteiger partial charge is 0.477 e. The number of carboxylic acid groups (broad SMARTS) is 1. The number of piperidine rings is 1. The highest BCUT2D eigenvalue weighted by Crippen LogP contribution is 2.40. The van der Waals surface area contributed by atoms with Gasteiger partial charge < -0.3 is 10.0 Å². The number of carboxylic acids is 1. The first-order chi connectivity index (χ1) is 10.0. The molecular formula is C16H22N2O3. The Balaban J connectivity index is 1.59. The molecule has 1 saturated carbocycles. The zero-order valence-electron chi connectivity index (χ0n) is 12.4. The minimum absolute atomic E-state index is 0.177. The van der Waals surface area contributed by atoms with Crippen LogP contribution in [0.4, 0.5) is 0 Å². The standard InChI is InChI=1S/C16H22N2O3/c1-10(19)18-6-4-11(5-7-18)12-2-3-14-13(8-12)9-15(17-14)16(20)21/h9,11-13H,2-8H2,1H3,(H,20,21)/t12-,13?/m1/s1. The number of nitrogens with zero attached hydrogens (tertiary/aromatic N) is 2. The number of carbonyl (C=O) groups is 2. The third-order valence-corrected chi connectivity index (χ3v) is 5.25.